The molecule has 0 amide bonds. The molecule has 0 N–H and O–H groups in total. The molecule has 0 saturated carbocycles. The van der Waals surface area contributed by atoms with Crippen LogP contribution in [0.2, 0.25) is 0 Å². The zero-order chi connectivity index (χ0) is 9.97. The molecule has 0 bridgehead atoms. The summed E-state index contributed by atoms with van der Waals surface area (Å²) in [5, 5.41) is 7.27. The fraction of sp³-hybridized carbons (Fsp3) is 0. The number of para-hydroxylation sites is 1. The van der Waals surface area contributed by atoms with Gasteiger partial charge < -0.3 is 4.55 Å². The van der Waals surface area contributed by atoms with Crippen molar-refractivity contribution in [3.05, 3.63) is 36.5 Å². The Balaban J connectivity index is 0.00000112. The van der Waals surface area contributed by atoms with E-state index >= 15 is 0 Å². The maximum absolute atomic E-state index is 10.8. The van der Waals surface area contributed by atoms with E-state index in [2.05, 4.69) is 10.3 Å². The third-order valence-corrected chi connectivity index (χ3v) is 2.31. The molecule has 0 fully saturated rings. The molecule has 0 radical (unpaired) electrons. The van der Waals surface area contributed by atoms with Crippen molar-refractivity contribution >= 4 is 11.1 Å². The van der Waals surface area contributed by atoms with Crippen LogP contribution >= 0.6 is 0 Å². The summed E-state index contributed by atoms with van der Waals surface area (Å²) in [6.45, 7) is 0. The van der Waals surface area contributed by atoms with Crippen LogP contribution in [0.4, 0.5) is 0 Å². The zero-order valence-corrected chi connectivity index (χ0v) is 10.8. The summed E-state index contributed by atoms with van der Waals surface area (Å²) in [5.41, 5.74) is 0.671. The second kappa shape index (κ2) is 5.53. The summed E-state index contributed by atoms with van der Waals surface area (Å²) in [5.74, 6) is 0. The molecule has 15 heavy (non-hydrogen) atoms. The number of benzene rings is 1. The fourth-order valence-corrected chi connectivity index (χ4v) is 1.50. The van der Waals surface area contributed by atoms with E-state index in [4.69, 9.17) is 0 Å². The average molecular weight is 231 g/mol. The topological polar surface area (TPSA) is 70.8 Å². The minimum Gasteiger partial charge on any atom is -0.767 e. The van der Waals surface area contributed by atoms with E-state index in [0.29, 0.717) is 5.69 Å². The number of aromatic nitrogens is 3. The third kappa shape index (κ3) is 2.73. The second-order valence-corrected chi connectivity index (χ2v) is 3.44. The molecule has 1 aromatic carbocycles. The summed E-state index contributed by atoms with van der Waals surface area (Å²) in [6.07, 6.45) is 1.20. The number of hydrogen-bond acceptors (Lipinski definition) is 4. The first-order chi connectivity index (χ1) is 6.79. The predicted octanol–water partition coefficient (Wildman–Crippen LogP) is -2.49. The van der Waals surface area contributed by atoms with Crippen molar-refractivity contribution in [3.8, 4) is 5.69 Å². The van der Waals surface area contributed by atoms with E-state index in [1.807, 2.05) is 6.07 Å². The van der Waals surface area contributed by atoms with Gasteiger partial charge >= 0.3 is 29.6 Å². The van der Waals surface area contributed by atoms with E-state index in [9.17, 15) is 8.76 Å². The van der Waals surface area contributed by atoms with Crippen molar-refractivity contribution in [2.45, 2.75) is 5.03 Å². The molecule has 0 aliphatic rings. The maximum atomic E-state index is 10.8. The van der Waals surface area contributed by atoms with Crippen molar-refractivity contribution in [1.82, 2.24) is 15.0 Å². The molecule has 1 unspecified atom stereocenters. The molecule has 1 heterocycles. The molecule has 0 aliphatic heterocycles. The Labute approximate surface area is 111 Å². The van der Waals surface area contributed by atoms with Crippen LogP contribution in [0.3, 0.4) is 0 Å². The Morgan fingerprint density at radius 1 is 1.27 bits per heavy atom. The largest absolute Gasteiger partial charge is 1.00 e. The normalized spacial score (nSPS) is 11.8. The van der Waals surface area contributed by atoms with Crippen molar-refractivity contribution in [3.63, 3.8) is 0 Å². The number of nitrogens with zero attached hydrogens (tertiary/aromatic N) is 3. The Morgan fingerprint density at radius 3 is 2.53 bits per heavy atom. The van der Waals surface area contributed by atoms with Gasteiger partial charge in [0.15, 0.2) is 0 Å². The van der Waals surface area contributed by atoms with E-state index < -0.39 is 11.1 Å². The van der Waals surface area contributed by atoms with Crippen LogP contribution in [-0.4, -0.2) is 23.8 Å². The van der Waals surface area contributed by atoms with Gasteiger partial charge in [-0.3, -0.25) is 4.21 Å². The number of rotatable bonds is 2. The van der Waals surface area contributed by atoms with Crippen LogP contribution in [0.25, 0.3) is 5.69 Å². The second-order valence-electron chi connectivity index (χ2n) is 2.55. The Bertz CT molecular complexity index is 460. The van der Waals surface area contributed by atoms with Crippen molar-refractivity contribution in [1.29, 1.82) is 0 Å². The van der Waals surface area contributed by atoms with Gasteiger partial charge in [-0.15, -0.1) is 5.10 Å². The SMILES string of the molecule is O=S([O-])c1cnnn1-c1ccccc1.[Na+]. The predicted molar refractivity (Wildman–Crippen MR) is 48.5 cm³/mol. The first-order valence-corrected chi connectivity index (χ1v) is 4.92. The smallest absolute Gasteiger partial charge is 0.767 e. The zero-order valence-electron chi connectivity index (χ0n) is 8.03. The van der Waals surface area contributed by atoms with Gasteiger partial charge in [0.05, 0.1) is 11.9 Å². The molecule has 0 aliphatic carbocycles. The molecular weight excluding hydrogens is 225 g/mol. The summed E-state index contributed by atoms with van der Waals surface area (Å²) in [6, 6.07) is 8.95. The molecule has 72 valence electrons. The van der Waals surface area contributed by atoms with Crippen LogP contribution in [0.1, 0.15) is 0 Å². The van der Waals surface area contributed by atoms with Crippen LogP contribution in [0, 0.1) is 0 Å². The first kappa shape index (κ1) is 12.5. The van der Waals surface area contributed by atoms with Crippen molar-refractivity contribution < 1.29 is 38.3 Å². The van der Waals surface area contributed by atoms with E-state index in [-0.39, 0.29) is 34.6 Å². The fourth-order valence-electron chi connectivity index (χ4n) is 1.09. The number of hydrogen-bond donors (Lipinski definition) is 0. The minimum atomic E-state index is -2.32. The molecule has 7 heteroatoms. The molecule has 5 nitrogen and oxygen atoms in total. The van der Waals surface area contributed by atoms with Crippen LogP contribution in [0.15, 0.2) is 41.6 Å². The van der Waals surface area contributed by atoms with Crippen molar-refractivity contribution in [2.75, 3.05) is 0 Å². The van der Waals surface area contributed by atoms with Gasteiger partial charge in [-0.05, 0) is 23.2 Å². The van der Waals surface area contributed by atoms with Gasteiger partial charge in [0.1, 0.15) is 5.03 Å². The van der Waals surface area contributed by atoms with E-state index in [1.165, 1.54) is 10.9 Å². The molecule has 0 saturated heterocycles. The first-order valence-electron chi connectivity index (χ1n) is 3.84. The minimum absolute atomic E-state index is 0. The molecule has 2 rings (SSSR count). The molecule has 1 atom stereocenters. The van der Waals surface area contributed by atoms with Gasteiger partial charge in [0, 0.05) is 0 Å². The monoisotopic (exact) mass is 231 g/mol. The Hall–Kier alpha value is -0.530. The molecule has 0 spiro atoms. The summed E-state index contributed by atoms with van der Waals surface area (Å²) in [7, 11) is 0. The van der Waals surface area contributed by atoms with Gasteiger partial charge in [-0.1, -0.05) is 23.4 Å². The van der Waals surface area contributed by atoms with Gasteiger partial charge in [-0.25, -0.2) is 4.68 Å². The maximum Gasteiger partial charge on any atom is 1.00 e. The van der Waals surface area contributed by atoms with Crippen LogP contribution < -0.4 is 29.6 Å². The third-order valence-electron chi connectivity index (χ3n) is 1.69. The standard InChI is InChI=1S/C8H7N3O2S.Na/c12-14(13)8-6-9-10-11(8)7-4-2-1-3-5-7;/h1-6H,(H,12,13);/q;+1/p-1. The quantitative estimate of drug-likeness (QED) is 0.423. The summed E-state index contributed by atoms with van der Waals surface area (Å²) in [4.78, 5) is 0. The summed E-state index contributed by atoms with van der Waals surface area (Å²) >= 11 is -2.32. The van der Waals surface area contributed by atoms with E-state index in [1.54, 1.807) is 24.3 Å². The average Bonchev–Trinajstić information content (AvgIpc) is 2.67. The van der Waals surface area contributed by atoms with Gasteiger partial charge in [-0.2, -0.15) is 0 Å². The molecule has 2 aromatic rings. The van der Waals surface area contributed by atoms with Gasteiger partial charge in [0.25, 0.3) is 0 Å². The van der Waals surface area contributed by atoms with Crippen molar-refractivity contribution in [2.24, 2.45) is 0 Å². The Morgan fingerprint density at radius 2 is 1.93 bits per heavy atom. The van der Waals surface area contributed by atoms with E-state index in [0.717, 1.165) is 0 Å². The van der Waals surface area contributed by atoms with Gasteiger partial charge in [0.2, 0.25) is 0 Å². The molecular formula is C8H6N3NaO2S. The summed E-state index contributed by atoms with van der Waals surface area (Å²) < 4.78 is 22.8. The molecule has 1 aromatic heterocycles. The Kier molecular flexibility index (Phi) is 4.62. The van der Waals surface area contributed by atoms with Crippen LogP contribution in [-0.2, 0) is 11.1 Å². The van der Waals surface area contributed by atoms with Crippen LogP contribution in [0.5, 0.6) is 0 Å².